The summed E-state index contributed by atoms with van der Waals surface area (Å²) in [6, 6.07) is 0.476. The average Bonchev–Trinajstić information content (AvgIpc) is 2.59. The molecule has 2 saturated carbocycles. The smallest absolute Gasteiger partial charge is 0.220 e. The number of amides is 1. The molecule has 2 aliphatic carbocycles. The minimum Gasteiger partial charge on any atom is -0.352 e. The van der Waals surface area contributed by atoms with Crippen LogP contribution in [0.5, 0.6) is 0 Å². The molecule has 2 nitrogen and oxygen atoms in total. The molecule has 3 rings (SSSR count). The fourth-order valence-electron chi connectivity index (χ4n) is 4.55. The Hall–Kier alpha value is -0.530. The first-order valence-corrected chi connectivity index (χ1v) is 5.76. The Labute approximate surface area is 85.4 Å². The molecule has 3 fully saturated rings. The van der Waals surface area contributed by atoms with E-state index in [2.05, 4.69) is 26.1 Å². The summed E-state index contributed by atoms with van der Waals surface area (Å²) in [7, 11) is 0. The van der Waals surface area contributed by atoms with Gasteiger partial charge in [-0.05, 0) is 35.5 Å². The van der Waals surface area contributed by atoms with Gasteiger partial charge < -0.3 is 5.32 Å². The largest absolute Gasteiger partial charge is 0.352 e. The van der Waals surface area contributed by atoms with Crippen LogP contribution in [0.4, 0.5) is 0 Å². The topological polar surface area (TPSA) is 29.1 Å². The van der Waals surface area contributed by atoms with Crippen molar-refractivity contribution in [3.05, 3.63) is 0 Å². The molecule has 0 aromatic heterocycles. The first kappa shape index (κ1) is 8.75. The third kappa shape index (κ3) is 0.697. The van der Waals surface area contributed by atoms with Gasteiger partial charge in [-0.2, -0.15) is 0 Å². The molecule has 0 aromatic carbocycles. The van der Waals surface area contributed by atoms with Gasteiger partial charge >= 0.3 is 0 Å². The molecule has 3 aliphatic rings. The van der Waals surface area contributed by atoms with E-state index in [0.717, 1.165) is 12.3 Å². The van der Waals surface area contributed by atoms with E-state index in [4.69, 9.17) is 0 Å². The van der Waals surface area contributed by atoms with Gasteiger partial charge in [0.1, 0.15) is 0 Å². The minimum atomic E-state index is 0.286. The monoisotopic (exact) mass is 193 g/mol. The summed E-state index contributed by atoms with van der Waals surface area (Å²) in [6.07, 6.45) is 3.42. The van der Waals surface area contributed by atoms with Gasteiger partial charge in [0.25, 0.3) is 0 Å². The Morgan fingerprint density at radius 3 is 2.71 bits per heavy atom. The van der Waals surface area contributed by atoms with Gasteiger partial charge in [0, 0.05) is 12.5 Å². The van der Waals surface area contributed by atoms with E-state index < -0.39 is 0 Å². The summed E-state index contributed by atoms with van der Waals surface area (Å²) in [5.41, 5.74) is 0.782. The summed E-state index contributed by atoms with van der Waals surface area (Å²) < 4.78 is 0. The number of rotatable bonds is 0. The van der Waals surface area contributed by atoms with Crippen molar-refractivity contribution in [3.63, 3.8) is 0 Å². The standard InChI is InChI=1S/C12H19NO/c1-11(2)8-4-5-12(11,3)10-7(8)6-9(14)13-10/h7-8,10H,4-6H2,1-3H3,(H,13,14). The van der Waals surface area contributed by atoms with Crippen molar-refractivity contribution < 1.29 is 4.79 Å². The second kappa shape index (κ2) is 2.17. The lowest BCUT2D eigenvalue weighted by molar-refractivity contribution is -0.120. The molecular formula is C12H19NO. The van der Waals surface area contributed by atoms with Crippen LogP contribution in [0.1, 0.15) is 40.0 Å². The maximum Gasteiger partial charge on any atom is 0.220 e. The molecule has 0 radical (unpaired) electrons. The summed E-state index contributed by atoms with van der Waals surface area (Å²) in [4.78, 5) is 11.4. The van der Waals surface area contributed by atoms with Crippen LogP contribution in [0, 0.1) is 22.7 Å². The SMILES string of the molecule is CC1(C)C2CCC1(C)C1NC(=O)CC21. The molecule has 0 aromatic rings. The number of hydrogen-bond acceptors (Lipinski definition) is 1. The predicted octanol–water partition coefficient (Wildman–Crippen LogP) is 1.95. The molecule has 78 valence electrons. The molecule has 2 bridgehead atoms. The summed E-state index contributed by atoms with van der Waals surface area (Å²) >= 11 is 0. The minimum absolute atomic E-state index is 0.286. The Morgan fingerprint density at radius 1 is 1.36 bits per heavy atom. The second-order valence-electron chi connectivity index (χ2n) is 6.20. The van der Waals surface area contributed by atoms with Crippen molar-refractivity contribution in [3.8, 4) is 0 Å². The molecule has 1 saturated heterocycles. The molecule has 1 aliphatic heterocycles. The summed E-state index contributed by atoms with van der Waals surface area (Å²) in [5.74, 6) is 1.70. The van der Waals surface area contributed by atoms with Gasteiger partial charge in [0.05, 0.1) is 0 Å². The van der Waals surface area contributed by atoms with Crippen LogP contribution in [0.25, 0.3) is 0 Å². The molecule has 2 heteroatoms. The zero-order valence-electron chi connectivity index (χ0n) is 9.26. The van der Waals surface area contributed by atoms with Crippen molar-refractivity contribution in [1.82, 2.24) is 5.32 Å². The Bertz CT molecular complexity index is 309. The number of carbonyl (C=O) groups is 1. The van der Waals surface area contributed by atoms with E-state index >= 15 is 0 Å². The quantitative estimate of drug-likeness (QED) is 0.626. The van der Waals surface area contributed by atoms with Gasteiger partial charge in [-0.3, -0.25) is 4.79 Å². The summed E-state index contributed by atoms with van der Waals surface area (Å²) in [6.45, 7) is 7.17. The highest BCUT2D eigenvalue weighted by Crippen LogP contribution is 2.69. The fraction of sp³-hybridized carbons (Fsp3) is 0.917. The van der Waals surface area contributed by atoms with Crippen molar-refractivity contribution in [2.45, 2.75) is 46.1 Å². The van der Waals surface area contributed by atoms with E-state index in [1.54, 1.807) is 0 Å². The van der Waals surface area contributed by atoms with Crippen LogP contribution < -0.4 is 5.32 Å². The van der Waals surface area contributed by atoms with Crippen molar-refractivity contribution in [1.29, 1.82) is 0 Å². The third-order valence-electron chi connectivity index (χ3n) is 5.74. The Balaban J connectivity index is 2.06. The van der Waals surface area contributed by atoms with Gasteiger partial charge in [0.15, 0.2) is 0 Å². The number of carbonyl (C=O) groups excluding carboxylic acids is 1. The highest BCUT2D eigenvalue weighted by atomic mass is 16.2. The van der Waals surface area contributed by atoms with Crippen molar-refractivity contribution in [2.24, 2.45) is 22.7 Å². The van der Waals surface area contributed by atoms with Crippen LogP contribution in [-0.2, 0) is 4.79 Å². The zero-order chi connectivity index (χ0) is 10.1. The second-order valence-corrected chi connectivity index (χ2v) is 6.20. The molecule has 0 spiro atoms. The number of nitrogens with one attached hydrogen (secondary N) is 1. The lowest BCUT2D eigenvalue weighted by atomic mass is 9.69. The van der Waals surface area contributed by atoms with Crippen LogP contribution in [0.15, 0.2) is 0 Å². The van der Waals surface area contributed by atoms with Crippen LogP contribution in [0.3, 0.4) is 0 Å². The lowest BCUT2D eigenvalue weighted by Gasteiger charge is -2.38. The van der Waals surface area contributed by atoms with E-state index in [-0.39, 0.29) is 5.91 Å². The molecule has 4 atom stereocenters. The van der Waals surface area contributed by atoms with Crippen LogP contribution in [-0.4, -0.2) is 11.9 Å². The molecule has 1 heterocycles. The van der Waals surface area contributed by atoms with Gasteiger partial charge in [-0.1, -0.05) is 20.8 Å². The van der Waals surface area contributed by atoms with Gasteiger partial charge in [-0.25, -0.2) is 0 Å². The number of fused-ring (bicyclic) bond motifs is 5. The van der Waals surface area contributed by atoms with E-state index in [9.17, 15) is 4.79 Å². The van der Waals surface area contributed by atoms with Gasteiger partial charge in [0.2, 0.25) is 5.91 Å². The summed E-state index contributed by atoms with van der Waals surface area (Å²) in [5, 5.41) is 3.20. The lowest BCUT2D eigenvalue weighted by Crippen LogP contribution is -2.44. The zero-order valence-corrected chi connectivity index (χ0v) is 9.26. The van der Waals surface area contributed by atoms with Crippen molar-refractivity contribution in [2.75, 3.05) is 0 Å². The molecule has 14 heavy (non-hydrogen) atoms. The Kier molecular flexibility index (Phi) is 1.36. The van der Waals surface area contributed by atoms with E-state index in [0.29, 0.717) is 22.8 Å². The van der Waals surface area contributed by atoms with Crippen molar-refractivity contribution >= 4 is 5.91 Å². The van der Waals surface area contributed by atoms with Gasteiger partial charge in [-0.15, -0.1) is 0 Å². The normalized spacial score (nSPS) is 53.4. The molecule has 4 unspecified atom stereocenters. The molecular weight excluding hydrogens is 174 g/mol. The first-order chi connectivity index (χ1) is 6.47. The average molecular weight is 193 g/mol. The van der Waals surface area contributed by atoms with E-state index in [1.165, 1.54) is 12.8 Å². The highest BCUT2D eigenvalue weighted by Gasteiger charge is 2.68. The number of hydrogen-bond donors (Lipinski definition) is 1. The van der Waals surface area contributed by atoms with Crippen LogP contribution >= 0.6 is 0 Å². The molecule has 1 amide bonds. The molecule has 1 N–H and O–H groups in total. The fourth-order valence-corrected chi connectivity index (χ4v) is 4.55. The first-order valence-electron chi connectivity index (χ1n) is 5.76. The Morgan fingerprint density at radius 2 is 2.07 bits per heavy atom. The maximum atomic E-state index is 11.4. The third-order valence-corrected chi connectivity index (χ3v) is 5.74. The van der Waals surface area contributed by atoms with E-state index in [1.807, 2.05) is 0 Å². The van der Waals surface area contributed by atoms with Crippen LogP contribution in [0.2, 0.25) is 0 Å². The maximum absolute atomic E-state index is 11.4. The highest BCUT2D eigenvalue weighted by molar-refractivity contribution is 5.79. The predicted molar refractivity (Wildman–Crippen MR) is 54.6 cm³/mol.